The summed E-state index contributed by atoms with van der Waals surface area (Å²) in [7, 11) is 0. The molecule has 1 N–H and O–H groups in total. The van der Waals surface area contributed by atoms with Crippen LogP contribution in [0.25, 0.3) is 0 Å². The molecule has 0 unspecified atom stereocenters. The Morgan fingerprint density at radius 2 is 1.40 bits per heavy atom. The third kappa shape index (κ3) is 79.5. The zero-order chi connectivity index (χ0) is 19.6. The van der Waals surface area contributed by atoms with Gasteiger partial charge in [0.05, 0.1) is 6.42 Å². The fraction of sp³-hybridized carbons (Fsp3) is 0.778. The molecule has 0 aliphatic carbocycles. The van der Waals surface area contributed by atoms with Crippen LogP contribution in [0.5, 0.6) is 0 Å². The van der Waals surface area contributed by atoms with Crippen molar-refractivity contribution >= 4 is 61.1 Å². The Hall–Kier alpha value is 0.439. The predicted molar refractivity (Wildman–Crippen MR) is 113 cm³/mol. The monoisotopic (exact) mass is 500 g/mol. The van der Waals surface area contributed by atoms with E-state index < -0.39 is 11.9 Å². The van der Waals surface area contributed by atoms with Crippen molar-refractivity contribution in [3.05, 3.63) is 13.8 Å². The second-order valence-corrected chi connectivity index (χ2v) is 5.67. The van der Waals surface area contributed by atoms with E-state index in [0.717, 1.165) is 12.8 Å². The number of hydrogen-bond acceptors (Lipinski definition) is 5. The number of carboxylic acid groups (broad SMARTS) is 2. The normalized spacial score (nSPS) is 8.24. The van der Waals surface area contributed by atoms with E-state index in [0.29, 0.717) is 5.75 Å². The fourth-order valence-electron chi connectivity index (χ4n) is 1.03. The van der Waals surface area contributed by atoms with Gasteiger partial charge in [-0.1, -0.05) is 79.1 Å². The van der Waals surface area contributed by atoms with E-state index in [1.165, 1.54) is 38.5 Å². The van der Waals surface area contributed by atoms with Crippen LogP contribution in [-0.2, 0) is 22.2 Å². The molecule has 0 saturated heterocycles. The molecule has 0 saturated carbocycles. The number of rotatable bonds is 10. The van der Waals surface area contributed by atoms with E-state index in [9.17, 15) is 14.7 Å². The first-order chi connectivity index (χ1) is 11.4. The Kier molecular flexibility index (Phi) is 57.4. The predicted octanol–water partition coefficient (Wildman–Crippen LogP) is 3.48. The molecule has 0 spiro atoms. The number of carboxylic acids is 2. The van der Waals surface area contributed by atoms with Crippen LogP contribution in [0.15, 0.2) is 0 Å². The van der Waals surface area contributed by atoms with Crippen LogP contribution in [0.2, 0.25) is 0 Å². The molecule has 7 heteroatoms. The van der Waals surface area contributed by atoms with E-state index in [2.05, 4.69) is 53.0 Å². The van der Waals surface area contributed by atoms with E-state index in [1.807, 2.05) is 0 Å². The molecule has 0 amide bonds. The van der Waals surface area contributed by atoms with Gasteiger partial charge in [-0.15, -0.1) is 0 Å². The first-order valence-electron chi connectivity index (χ1n) is 8.56. The number of carbonyl (C=O) groups is 2. The Morgan fingerprint density at radius 3 is 1.44 bits per heavy atom. The van der Waals surface area contributed by atoms with Gasteiger partial charge in [-0.25, -0.2) is 0 Å². The summed E-state index contributed by atoms with van der Waals surface area (Å²) in [6.07, 6.45) is 10.3. The third-order valence-electron chi connectivity index (χ3n) is 2.34. The molecule has 0 bridgehead atoms. The van der Waals surface area contributed by atoms with Gasteiger partial charge in [-0.05, 0) is 6.42 Å². The second-order valence-electron chi connectivity index (χ2n) is 4.81. The van der Waals surface area contributed by atoms with Gasteiger partial charge in [0.1, 0.15) is 0 Å². The van der Waals surface area contributed by atoms with Crippen molar-refractivity contribution in [3.8, 4) is 0 Å². The SMILES string of the molecule is O=C(O)CCS.O=C([O-])CC[S-].[CH2]CCCCC.[CH2]CCCCC.[Sn+2]. The maximum Gasteiger partial charge on any atom is 2.00 e. The van der Waals surface area contributed by atoms with Crippen LogP contribution in [-0.4, -0.2) is 52.5 Å². The molecule has 0 aromatic heterocycles. The minimum Gasteiger partial charge on any atom is -0.792 e. The van der Waals surface area contributed by atoms with Gasteiger partial charge in [0.15, 0.2) is 0 Å². The molecule has 0 aromatic carbocycles. The maximum atomic E-state index is 9.55. The molecule has 148 valence electrons. The quantitative estimate of drug-likeness (QED) is 0.208. The third-order valence-corrected chi connectivity index (χ3v) is 2.77. The largest absolute Gasteiger partial charge is 2.00 e. The molecule has 4 radical (unpaired) electrons. The van der Waals surface area contributed by atoms with Crippen LogP contribution in [0.3, 0.4) is 0 Å². The summed E-state index contributed by atoms with van der Waals surface area (Å²) in [6, 6.07) is 0. The molecule has 0 aliphatic heterocycles. The summed E-state index contributed by atoms with van der Waals surface area (Å²) >= 11 is 7.99. The van der Waals surface area contributed by atoms with Crippen LogP contribution >= 0.6 is 12.6 Å². The van der Waals surface area contributed by atoms with Crippen LogP contribution < -0.4 is 5.11 Å². The molecule has 0 atom stereocenters. The van der Waals surface area contributed by atoms with Gasteiger partial charge in [0, 0.05) is 11.7 Å². The van der Waals surface area contributed by atoms with Crippen molar-refractivity contribution in [1.29, 1.82) is 0 Å². The minimum atomic E-state index is -1.06. The van der Waals surface area contributed by atoms with Gasteiger partial charge in [-0.2, -0.15) is 18.4 Å². The van der Waals surface area contributed by atoms with Crippen molar-refractivity contribution in [2.75, 3.05) is 11.5 Å². The van der Waals surface area contributed by atoms with E-state index in [1.54, 1.807) is 0 Å². The van der Waals surface area contributed by atoms with E-state index >= 15 is 0 Å². The number of aliphatic carboxylic acids is 2. The zero-order valence-electron chi connectivity index (χ0n) is 15.9. The average Bonchev–Trinajstić information content (AvgIpc) is 2.52. The van der Waals surface area contributed by atoms with Crippen molar-refractivity contribution in [2.24, 2.45) is 0 Å². The first-order valence-corrected chi connectivity index (χ1v) is 9.77. The van der Waals surface area contributed by atoms with Crippen LogP contribution in [0.1, 0.15) is 78.1 Å². The molecule has 25 heavy (non-hydrogen) atoms. The van der Waals surface area contributed by atoms with Gasteiger partial charge in [0.2, 0.25) is 0 Å². The van der Waals surface area contributed by atoms with E-state index in [4.69, 9.17) is 5.11 Å². The summed E-state index contributed by atoms with van der Waals surface area (Å²) in [5.41, 5.74) is 0. The number of unbranched alkanes of at least 4 members (excludes halogenated alkanes) is 6. The summed E-state index contributed by atoms with van der Waals surface area (Å²) in [4.78, 5) is 19.0. The van der Waals surface area contributed by atoms with Gasteiger partial charge in [-0.3, -0.25) is 4.79 Å². The minimum absolute atomic E-state index is 0. The molecule has 0 rings (SSSR count). The number of hydrogen-bond donors (Lipinski definition) is 2. The summed E-state index contributed by atoms with van der Waals surface area (Å²) < 4.78 is 0. The van der Waals surface area contributed by atoms with Gasteiger partial charge >= 0.3 is 29.9 Å². The molecule has 0 aliphatic rings. The molecule has 4 nitrogen and oxygen atoms in total. The van der Waals surface area contributed by atoms with Crippen LogP contribution in [0.4, 0.5) is 0 Å². The molecular formula is C18H36O4S2Sn. The van der Waals surface area contributed by atoms with Gasteiger partial charge in [0.25, 0.3) is 0 Å². The second kappa shape index (κ2) is 39.5. The maximum absolute atomic E-state index is 9.55. The summed E-state index contributed by atoms with van der Waals surface area (Å²) in [5.74, 6) is -1.17. The molecule has 0 aromatic rings. The average molecular weight is 499 g/mol. The van der Waals surface area contributed by atoms with Crippen molar-refractivity contribution in [2.45, 2.75) is 78.1 Å². The van der Waals surface area contributed by atoms with Crippen molar-refractivity contribution < 1.29 is 19.8 Å². The smallest absolute Gasteiger partial charge is 0.792 e. The Labute approximate surface area is 183 Å². The molecule has 0 fully saturated rings. The Morgan fingerprint density at radius 1 is 1.00 bits per heavy atom. The Bertz CT molecular complexity index is 211. The van der Waals surface area contributed by atoms with Crippen LogP contribution in [0, 0.1) is 13.8 Å². The molecule has 0 heterocycles. The number of thiol groups is 1. The van der Waals surface area contributed by atoms with Crippen molar-refractivity contribution in [1.82, 2.24) is 0 Å². The fourth-order valence-corrected chi connectivity index (χ4v) is 1.39. The number of carbonyl (C=O) groups excluding carboxylic acids is 1. The topological polar surface area (TPSA) is 77.4 Å². The zero-order valence-corrected chi connectivity index (χ0v) is 20.5. The molecular weight excluding hydrogens is 463 g/mol. The summed E-state index contributed by atoms with van der Waals surface area (Å²) in [6.45, 7) is 11.9. The Balaban J connectivity index is -0.0000000702. The standard InChI is InChI=1S/2C6H13.2C3H6O2S.Sn/c2*1-3-5-6-4-2;2*4-3(5)1-2-6;/h2*1,3-6H2,2H3;2*6H,1-2H2,(H,4,5);/q;;;;+2/p-2. The van der Waals surface area contributed by atoms with E-state index in [-0.39, 0.29) is 42.5 Å². The first kappa shape index (κ1) is 36.4. The van der Waals surface area contributed by atoms with Crippen molar-refractivity contribution in [3.63, 3.8) is 0 Å². The summed E-state index contributed by atoms with van der Waals surface area (Å²) in [5, 5.41) is 17.3. The van der Waals surface area contributed by atoms with Gasteiger partial charge < -0.3 is 27.6 Å².